The summed E-state index contributed by atoms with van der Waals surface area (Å²) in [4.78, 5) is 14.2. The normalized spacial score (nSPS) is 13.2. The Morgan fingerprint density at radius 2 is 2.12 bits per heavy atom. The van der Waals surface area contributed by atoms with Crippen molar-refractivity contribution >= 4 is 17.4 Å². The van der Waals surface area contributed by atoms with E-state index in [1.54, 1.807) is 6.20 Å². The Bertz CT molecular complexity index is 712. The summed E-state index contributed by atoms with van der Waals surface area (Å²) < 4.78 is 5.27. The van der Waals surface area contributed by atoms with E-state index in [9.17, 15) is 4.79 Å². The molecule has 0 unspecified atom stereocenters. The van der Waals surface area contributed by atoms with Crippen LogP contribution < -0.4 is 15.5 Å². The fourth-order valence-electron chi connectivity index (χ4n) is 2.70. The first-order chi connectivity index (χ1) is 11.6. The summed E-state index contributed by atoms with van der Waals surface area (Å²) in [6.07, 6.45) is 5.61. The third kappa shape index (κ3) is 3.64. The van der Waals surface area contributed by atoms with E-state index in [4.69, 9.17) is 4.52 Å². The molecule has 2 aromatic rings. The number of hydrogen-bond donors (Lipinski definition) is 2. The first kappa shape index (κ1) is 16.2. The summed E-state index contributed by atoms with van der Waals surface area (Å²) >= 11 is 0. The lowest BCUT2D eigenvalue weighted by Crippen LogP contribution is -2.30. The Morgan fingerprint density at radius 1 is 1.29 bits per heavy atom. The second-order valence-corrected chi connectivity index (χ2v) is 6.02. The molecule has 0 bridgehead atoms. The molecule has 2 aromatic heterocycles. The molecule has 1 aliphatic rings. The Morgan fingerprint density at radius 3 is 2.96 bits per heavy atom. The van der Waals surface area contributed by atoms with E-state index in [1.807, 2.05) is 25.1 Å². The first-order valence-electron chi connectivity index (χ1n) is 8.14. The van der Waals surface area contributed by atoms with E-state index in [1.165, 1.54) is 0 Å². The van der Waals surface area contributed by atoms with Gasteiger partial charge < -0.3 is 20.1 Å². The van der Waals surface area contributed by atoms with Crippen molar-refractivity contribution in [2.45, 2.75) is 25.7 Å². The molecule has 24 heavy (non-hydrogen) atoms. The highest BCUT2D eigenvalue weighted by Crippen LogP contribution is 2.23. The largest absolute Gasteiger partial charge is 0.376 e. The van der Waals surface area contributed by atoms with Crippen molar-refractivity contribution in [1.82, 2.24) is 20.7 Å². The first-order valence-corrected chi connectivity index (χ1v) is 8.14. The van der Waals surface area contributed by atoms with Crippen LogP contribution in [0.15, 0.2) is 16.8 Å². The number of nitrogens with one attached hydrogen (secondary N) is 2. The fourth-order valence-corrected chi connectivity index (χ4v) is 2.70. The number of carbonyl (C=O) groups excluding carboxylic acids is 1. The van der Waals surface area contributed by atoms with Crippen LogP contribution in [0.4, 0.5) is 11.5 Å². The number of nitrogens with zero attached hydrogens (tertiary/aromatic N) is 4. The molecular formula is C16H22N6O2. The number of aromatic nitrogens is 3. The number of anilines is 2. The summed E-state index contributed by atoms with van der Waals surface area (Å²) in [5.74, 6) is 1.35. The molecule has 0 saturated carbocycles. The van der Waals surface area contributed by atoms with Crippen LogP contribution in [-0.2, 0) is 12.8 Å². The molecule has 0 fully saturated rings. The third-order valence-corrected chi connectivity index (χ3v) is 4.04. The molecule has 2 N–H and O–H groups in total. The van der Waals surface area contributed by atoms with Crippen molar-refractivity contribution in [2.75, 3.05) is 37.4 Å². The number of rotatable bonds is 6. The van der Waals surface area contributed by atoms with E-state index >= 15 is 0 Å². The van der Waals surface area contributed by atoms with Gasteiger partial charge in [-0.2, -0.15) is 5.10 Å². The second-order valence-electron chi connectivity index (χ2n) is 6.02. The van der Waals surface area contributed by atoms with E-state index in [-0.39, 0.29) is 5.91 Å². The monoisotopic (exact) mass is 330 g/mol. The van der Waals surface area contributed by atoms with Crippen LogP contribution in [0.2, 0.25) is 0 Å². The van der Waals surface area contributed by atoms with Crippen molar-refractivity contribution < 1.29 is 9.32 Å². The van der Waals surface area contributed by atoms with Gasteiger partial charge in [-0.15, -0.1) is 5.10 Å². The fraction of sp³-hybridized carbons (Fsp3) is 0.500. The molecule has 0 saturated heterocycles. The highest BCUT2D eigenvalue weighted by Gasteiger charge is 2.23. The summed E-state index contributed by atoms with van der Waals surface area (Å²) in [6, 6.07) is 1.91. The summed E-state index contributed by atoms with van der Waals surface area (Å²) in [5.41, 5.74) is 2.36. The van der Waals surface area contributed by atoms with E-state index < -0.39 is 0 Å². The minimum atomic E-state index is -0.183. The number of carbonyl (C=O) groups is 1. The Labute approximate surface area is 140 Å². The van der Waals surface area contributed by atoms with Crippen molar-refractivity contribution in [2.24, 2.45) is 0 Å². The molecular weight excluding hydrogens is 308 g/mol. The van der Waals surface area contributed by atoms with Crippen molar-refractivity contribution in [3.8, 4) is 0 Å². The van der Waals surface area contributed by atoms with Gasteiger partial charge in [-0.25, -0.2) is 0 Å². The van der Waals surface area contributed by atoms with Gasteiger partial charge in [0.1, 0.15) is 5.76 Å². The summed E-state index contributed by atoms with van der Waals surface area (Å²) in [5, 5.41) is 17.9. The van der Waals surface area contributed by atoms with Gasteiger partial charge in [0, 0.05) is 45.2 Å². The van der Waals surface area contributed by atoms with Crippen LogP contribution >= 0.6 is 0 Å². The molecule has 0 radical (unpaired) electrons. The zero-order chi connectivity index (χ0) is 16.9. The smallest absolute Gasteiger partial charge is 0.273 e. The summed E-state index contributed by atoms with van der Waals surface area (Å²) in [7, 11) is 3.89. The van der Waals surface area contributed by atoms with Gasteiger partial charge in [0.2, 0.25) is 0 Å². The van der Waals surface area contributed by atoms with Crippen LogP contribution in [0.25, 0.3) is 0 Å². The molecule has 0 aliphatic heterocycles. The van der Waals surface area contributed by atoms with E-state index in [0.717, 1.165) is 42.7 Å². The number of aryl methyl sites for hydroxylation is 1. The molecule has 3 rings (SSSR count). The zero-order valence-electron chi connectivity index (χ0n) is 14.0. The van der Waals surface area contributed by atoms with Gasteiger partial charge in [0.25, 0.3) is 5.91 Å². The molecule has 0 atom stereocenters. The second kappa shape index (κ2) is 7.29. The predicted octanol–water partition coefficient (Wildman–Crippen LogP) is 1.25. The molecule has 1 aliphatic carbocycles. The number of hydrogen-bond acceptors (Lipinski definition) is 7. The Hall–Kier alpha value is -2.64. The Kier molecular flexibility index (Phi) is 4.93. The summed E-state index contributed by atoms with van der Waals surface area (Å²) in [6.45, 7) is 1.02. The number of fused-ring (bicyclic) bond motifs is 1. The molecule has 128 valence electrons. The minimum Gasteiger partial charge on any atom is -0.376 e. The SMILES string of the molecule is CN(C)c1cnnc(NCCNC(=O)c2noc3c2CCCC3)c1. The number of amides is 1. The average Bonchev–Trinajstić information content (AvgIpc) is 3.03. The van der Waals surface area contributed by atoms with Crippen LogP contribution in [-0.4, -0.2) is 48.4 Å². The highest BCUT2D eigenvalue weighted by atomic mass is 16.5. The van der Waals surface area contributed by atoms with Gasteiger partial charge >= 0.3 is 0 Å². The lowest BCUT2D eigenvalue weighted by Gasteiger charge is -2.13. The standard InChI is InChI=1S/C16H22N6O2/c1-22(2)11-9-14(20-19-10-11)17-7-8-18-16(23)15-12-5-3-4-6-13(12)24-21-15/h9-10H,3-8H2,1-2H3,(H,17,20)(H,18,23). The molecule has 8 heteroatoms. The molecule has 0 spiro atoms. The van der Waals surface area contributed by atoms with Crippen molar-refractivity contribution in [3.63, 3.8) is 0 Å². The van der Waals surface area contributed by atoms with Gasteiger partial charge in [0.15, 0.2) is 11.5 Å². The average molecular weight is 330 g/mol. The van der Waals surface area contributed by atoms with E-state index in [0.29, 0.717) is 24.6 Å². The maximum Gasteiger partial charge on any atom is 0.273 e. The maximum absolute atomic E-state index is 12.2. The predicted molar refractivity (Wildman–Crippen MR) is 90.3 cm³/mol. The topological polar surface area (TPSA) is 96.2 Å². The molecule has 0 aromatic carbocycles. The zero-order valence-corrected chi connectivity index (χ0v) is 14.0. The Balaban J connectivity index is 1.49. The van der Waals surface area contributed by atoms with Gasteiger partial charge in [0.05, 0.1) is 11.9 Å². The van der Waals surface area contributed by atoms with Crippen molar-refractivity contribution in [1.29, 1.82) is 0 Å². The van der Waals surface area contributed by atoms with E-state index in [2.05, 4.69) is 26.0 Å². The van der Waals surface area contributed by atoms with Crippen LogP contribution in [0.3, 0.4) is 0 Å². The van der Waals surface area contributed by atoms with Crippen molar-refractivity contribution in [3.05, 3.63) is 29.3 Å². The quantitative estimate of drug-likeness (QED) is 0.770. The van der Waals surface area contributed by atoms with Gasteiger partial charge in [-0.1, -0.05) is 5.16 Å². The lowest BCUT2D eigenvalue weighted by molar-refractivity contribution is 0.0945. The minimum absolute atomic E-state index is 0.183. The highest BCUT2D eigenvalue weighted by molar-refractivity contribution is 5.93. The molecule has 2 heterocycles. The van der Waals surface area contributed by atoms with Gasteiger partial charge in [-0.3, -0.25) is 4.79 Å². The maximum atomic E-state index is 12.2. The van der Waals surface area contributed by atoms with Crippen LogP contribution in [0.1, 0.15) is 34.7 Å². The van der Waals surface area contributed by atoms with Crippen LogP contribution in [0, 0.1) is 0 Å². The molecule has 1 amide bonds. The van der Waals surface area contributed by atoms with Crippen LogP contribution in [0.5, 0.6) is 0 Å². The third-order valence-electron chi connectivity index (χ3n) is 4.04. The lowest BCUT2D eigenvalue weighted by atomic mass is 9.96. The van der Waals surface area contributed by atoms with Gasteiger partial charge in [-0.05, 0) is 19.3 Å². The molecule has 8 nitrogen and oxygen atoms in total.